The molecule has 0 fully saturated rings. The third kappa shape index (κ3) is 29.0. The number of anilines is 2. The van der Waals surface area contributed by atoms with Crippen molar-refractivity contribution in [2.75, 3.05) is 37.1 Å². The summed E-state index contributed by atoms with van der Waals surface area (Å²) in [6, 6.07) is 27.6. The van der Waals surface area contributed by atoms with E-state index in [1.54, 1.807) is 46.6 Å². The van der Waals surface area contributed by atoms with Crippen molar-refractivity contribution >= 4 is 69.3 Å². The van der Waals surface area contributed by atoms with E-state index in [4.69, 9.17) is 32.7 Å². The zero-order valence-electron chi connectivity index (χ0n) is 51.4. The Balaban J connectivity index is 0.000000430. The van der Waals surface area contributed by atoms with E-state index in [9.17, 15) is 9.59 Å². The van der Waals surface area contributed by atoms with E-state index in [0.717, 1.165) is 48.4 Å². The van der Waals surface area contributed by atoms with E-state index in [0.29, 0.717) is 47.8 Å². The number of unbranched alkanes of at least 4 members (excludes halogenated alkanes) is 22. The monoisotopic (exact) mass is 1350 g/mol. The summed E-state index contributed by atoms with van der Waals surface area (Å²) in [4.78, 5) is 31.7. The summed E-state index contributed by atoms with van der Waals surface area (Å²) < 4.78 is 16.5. The fraction of sp³-hybridized carbons (Fsp3) is 0.529. The highest BCUT2D eigenvalue weighted by atomic mass is 79.9. The first-order valence-corrected chi connectivity index (χ1v) is 33.4. The highest BCUT2D eigenvalue weighted by Gasteiger charge is 2.19. The molecule has 6 aromatic rings. The maximum Gasteiger partial charge on any atom is 0.321 e. The van der Waals surface area contributed by atoms with Gasteiger partial charge in [-0.2, -0.15) is 9.13 Å². The number of hydrogen-bond donors (Lipinski definition) is 2. The summed E-state index contributed by atoms with van der Waals surface area (Å²) in [6.07, 6.45) is 35.9. The standard InChI is InChI=1S/2C34H48ClN3O2S.2BrH/c2*1-4-5-6-7-8-9-10-11-12-13-14-15-22-40-33-23-30(18-21-32(33)35)26-38(34(39)36-3)31-19-16-29(17-20-31)25-37-24-28(2)41-27-37;;/h2*16-21,23-24,27H,4-15,22,25-26H2,1-3H3;2*1H. The Kier molecular flexibility index (Phi) is 39.1. The van der Waals surface area contributed by atoms with Gasteiger partial charge in [-0.3, -0.25) is 9.80 Å². The number of benzene rings is 4. The first kappa shape index (κ1) is 74.1. The van der Waals surface area contributed by atoms with E-state index >= 15 is 0 Å². The summed E-state index contributed by atoms with van der Waals surface area (Å²) in [5.41, 5.74) is 10.2. The number of carbonyl (C=O) groups is 2. The third-order valence-electron chi connectivity index (χ3n) is 14.8. The molecule has 0 atom stereocenters. The van der Waals surface area contributed by atoms with Gasteiger partial charge in [-0.05, 0) is 86.3 Å². The van der Waals surface area contributed by atoms with Crippen LogP contribution < -0.4 is 73.0 Å². The van der Waals surface area contributed by atoms with Crippen LogP contribution in [0.1, 0.15) is 200 Å². The van der Waals surface area contributed by atoms with E-state index in [2.05, 4.69) is 95.1 Å². The first-order chi connectivity index (χ1) is 40.0. The maximum absolute atomic E-state index is 12.8. The molecule has 6 rings (SSSR count). The number of rotatable bonds is 38. The Bertz CT molecular complexity index is 2530. The Hall–Kier alpha value is -4.18. The van der Waals surface area contributed by atoms with Gasteiger partial charge < -0.3 is 54.1 Å². The van der Waals surface area contributed by atoms with Crippen LogP contribution in [0, 0.1) is 13.8 Å². The van der Waals surface area contributed by atoms with Crippen LogP contribution in [0.25, 0.3) is 0 Å². The van der Waals surface area contributed by atoms with Gasteiger partial charge in [-0.1, -0.05) is 237 Å². The quantitative estimate of drug-likeness (QED) is 0.0298. The molecule has 0 aliphatic carbocycles. The zero-order chi connectivity index (χ0) is 58.6. The number of aromatic nitrogens is 2. The van der Waals surface area contributed by atoms with Crippen molar-refractivity contribution in [1.29, 1.82) is 0 Å². The van der Waals surface area contributed by atoms with Gasteiger partial charge in [0.05, 0.1) is 46.1 Å². The first-order valence-electron chi connectivity index (χ1n) is 30.9. The second-order valence-corrected chi connectivity index (χ2v) is 24.9. The SMILES string of the molecule is CCCCCCCCCCCCCCOc1cc(CN(C(=O)NC)c2ccc(C[n+]3csc(C)c3)cc2)ccc1Cl.CCCCCCCCCCCCCCOc1cc(CN(C(=O)NC)c2ccc(C[n+]3csc(C)c3)cc2)ccc1Cl.[Br-].[Br-]. The molecule has 0 bridgehead atoms. The minimum Gasteiger partial charge on any atom is -1.00 e. The summed E-state index contributed by atoms with van der Waals surface area (Å²) in [5.74, 6) is 1.37. The molecule has 0 spiro atoms. The van der Waals surface area contributed by atoms with Crippen LogP contribution in [0.2, 0.25) is 10.0 Å². The van der Waals surface area contributed by atoms with E-state index in [-0.39, 0.29) is 46.0 Å². The lowest BCUT2D eigenvalue weighted by atomic mass is 10.1. The van der Waals surface area contributed by atoms with Gasteiger partial charge in [0.25, 0.3) is 0 Å². The number of nitrogens with zero attached hydrogens (tertiary/aromatic N) is 4. The molecule has 16 heteroatoms. The van der Waals surface area contributed by atoms with Gasteiger partial charge in [0, 0.05) is 36.6 Å². The van der Waals surface area contributed by atoms with Crippen LogP contribution in [0.5, 0.6) is 11.5 Å². The fourth-order valence-electron chi connectivity index (χ4n) is 10.0. The van der Waals surface area contributed by atoms with Crippen molar-refractivity contribution in [3.8, 4) is 11.5 Å². The molecule has 10 nitrogen and oxygen atoms in total. The van der Waals surface area contributed by atoms with Crippen LogP contribution >= 0.6 is 45.9 Å². The largest absolute Gasteiger partial charge is 1.00 e. The molecule has 0 unspecified atom stereocenters. The molecule has 2 aromatic heterocycles. The van der Waals surface area contributed by atoms with Crippen molar-refractivity contribution in [1.82, 2.24) is 10.6 Å². The van der Waals surface area contributed by atoms with Crippen molar-refractivity contribution in [2.24, 2.45) is 0 Å². The minimum atomic E-state index is -0.158. The predicted molar refractivity (Wildman–Crippen MR) is 347 cm³/mol. The smallest absolute Gasteiger partial charge is 0.321 e. The van der Waals surface area contributed by atoms with Gasteiger partial charge in [-0.15, -0.1) is 0 Å². The number of amides is 4. The van der Waals surface area contributed by atoms with E-state index in [1.165, 1.54) is 162 Å². The van der Waals surface area contributed by atoms with Crippen molar-refractivity contribution in [3.63, 3.8) is 0 Å². The lowest BCUT2D eigenvalue weighted by Crippen LogP contribution is -3.00. The fourth-order valence-corrected chi connectivity index (χ4v) is 11.6. The Morgan fingerprint density at radius 1 is 0.452 bits per heavy atom. The molecular weight excluding hydrogens is 1260 g/mol. The second kappa shape index (κ2) is 44.3. The van der Waals surface area contributed by atoms with Gasteiger partial charge in [0.1, 0.15) is 11.5 Å². The number of nitrogens with one attached hydrogen (secondary N) is 2. The van der Waals surface area contributed by atoms with Gasteiger partial charge in [-0.25, -0.2) is 9.59 Å². The summed E-state index contributed by atoms with van der Waals surface area (Å²) in [7, 11) is 3.31. The lowest BCUT2D eigenvalue weighted by molar-refractivity contribution is -0.683. The average molecular weight is 1360 g/mol. The average Bonchev–Trinajstić information content (AvgIpc) is 4.17. The molecule has 4 amide bonds. The van der Waals surface area contributed by atoms with Crippen LogP contribution in [0.4, 0.5) is 21.0 Å². The molecule has 464 valence electrons. The molecule has 0 aliphatic rings. The summed E-state index contributed by atoms with van der Waals surface area (Å²) >= 11 is 16.4. The molecule has 0 aliphatic heterocycles. The predicted octanol–water partition coefficient (Wildman–Crippen LogP) is 13.0. The summed E-state index contributed by atoms with van der Waals surface area (Å²) in [6.45, 7) is 12.5. The second-order valence-electron chi connectivity index (χ2n) is 21.9. The minimum absolute atomic E-state index is 0. The zero-order valence-corrected chi connectivity index (χ0v) is 57.7. The Morgan fingerprint density at radius 2 is 0.750 bits per heavy atom. The molecule has 0 saturated heterocycles. The van der Waals surface area contributed by atoms with Gasteiger partial charge in [0.2, 0.25) is 11.0 Å². The van der Waals surface area contributed by atoms with Crippen molar-refractivity contribution in [3.05, 3.63) is 150 Å². The number of halogens is 4. The molecule has 0 radical (unpaired) electrons. The van der Waals surface area contributed by atoms with Gasteiger partial charge >= 0.3 is 12.1 Å². The molecule has 4 aromatic carbocycles. The topological polar surface area (TPSA) is 90.9 Å². The highest BCUT2D eigenvalue weighted by molar-refractivity contribution is 7.09. The third-order valence-corrected chi connectivity index (χ3v) is 17.1. The van der Waals surface area contributed by atoms with Crippen LogP contribution in [-0.2, 0) is 26.2 Å². The molecule has 0 saturated carbocycles. The van der Waals surface area contributed by atoms with Crippen molar-refractivity contribution in [2.45, 2.75) is 208 Å². The number of hydrogen-bond acceptors (Lipinski definition) is 6. The van der Waals surface area contributed by atoms with E-state index < -0.39 is 0 Å². The Labute approximate surface area is 545 Å². The van der Waals surface area contributed by atoms with Crippen LogP contribution in [0.3, 0.4) is 0 Å². The number of aryl methyl sites for hydroxylation is 2. The van der Waals surface area contributed by atoms with Crippen LogP contribution in [-0.4, -0.2) is 39.4 Å². The maximum atomic E-state index is 12.8. The molecule has 84 heavy (non-hydrogen) atoms. The molecular formula is C68H98Br2Cl2N6O4S2. The number of carbonyl (C=O) groups excluding carboxylic acids is 2. The molecule has 2 N–H and O–H groups in total. The number of ether oxygens (including phenoxy) is 2. The number of urea groups is 2. The highest BCUT2D eigenvalue weighted by Crippen LogP contribution is 2.30. The van der Waals surface area contributed by atoms with Gasteiger partial charge in [0.15, 0.2) is 25.5 Å². The number of thiazole rings is 2. The van der Waals surface area contributed by atoms with E-state index in [1.807, 2.05) is 60.7 Å². The lowest BCUT2D eigenvalue weighted by Gasteiger charge is -2.23. The van der Waals surface area contributed by atoms with Crippen LogP contribution in [0.15, 0.2) is 108 Å². The molecule has 2 heterocycles. The summed E-state index contributed by atoms with van der Waals surface area (Å²) in [5, 5.41) is 6.75. The Morgan fingerprint density at radius 3 is 1.04 bits per heavy atom. The van der Waals surface area contributed by atoms with Crippen molar-refractivity contribution < 1.29 is 62.2 Å². The normalized spacial score (nSPS) is 10.8.